The fourth-order valence-electron chi connectivity index (χ4n) is 1.35. The quantitative estimate of drug-likeness (QED) is 0.758. The van der Waals surface area contributed by atoms with Crippen LogP contribution in [-0.4, -0.2) is 4.98 Å². The number of aromatic nitrogens is 1. The molecule has 3 nitrogen and oxygen atoms in total. The maximum absolute atomic E-state index is 8.82. The third kappa shape index (κ3) is 1.79. The molecule has 0 spiro atoms. The lowest BCUT2D eigenvalue weighted by Crippen LogP contribution is -1.94. The Hall–Kier alpha value is -2.34. The van der Waals surface area contributed by atoms with E-state index in [0.29, 0.717) is 5.56 Å². The third-order valence-corrected chi connectivity index (χ3v) is 2.15. The van der Waals surface area contributed by atoms with Crippen LogP contribution in [0.1, 0.15) is 5.56 Å². The first-order valence-corrected chi connectivity index (χ1v) is 4.52. The molecule has 0 aliphatic heterocycles. The molecular formula is C12H9N3. The Labute approximate surface area is 87.8 Å². The number of benzene rings is 1. The van der Waals surface area contributed by atoms with Gasteiger partial charge in [-0.2, -0.15) is 5.26 Å². The number of pyridine rings is 1. The van der Waals surface area contributed by atoms with Crippen LogP contribution in [-0.2, 0) is 0 Å². The third-order valence-electron chi connectivity index (χ3n) is 2.15. The summed E-state index contributed by atoms with van der Waals surface area (Å²) in [6.07, 6.45) is 1.67. The summed E-state index contributed by atoms with van der Waals surface area (Å²) in [6.45, 7) is 0. The number of hydrogen-bond donors (Lipinski definition) is 1. The van der Waals surface area contributed by atoms with Gasteiger partial charge in [0.2, 0.25) is 0 Å². The van der Waals surface area contributed by atoms with Gasteiger partial charge < -0.3 is 5.73 Å². The van der Waals surface area contributed by atoms with E-state index in [1.165, 1.54) is 0 Å². The molecule has 2 rings (SSSR count). The van der Waals surface area contributed by atoms with Crippen molar-refractivity contribution in [2.45, 2.75) is 0 Å². The number of nitrogens with zero attached hydrogens (tertiary/aromatic N) is 2. The number of rotatable bonds is 1. The van der Waals surface area contributed by atoms with Crippen molar-refractivity contribution >= 4 is 5.82 Å². The van der Waals surface area contributed by atoms with Crippen molar-refractivity contribution in [1.82, 2.24) is 4.98 Å². The second kappa shape index (κ2) is 3.81. The zero-order valence-corrected chi connectivity index (χ0v) is 8.01. The predicted molar refractivity (Wildman–Crippen MR) is 58.8 cm³/mol. The molecule has 2 aromatic rings. The first-order valence-electron chi connectivity index (χ1n) is 4.52. The minimum Gasteiger partial charge on any atom is -0.383 e. The largest absolute Gasteiger partial charge is 0.383 e. The fourth-order valence-corrected chi connectivity index (χ4v) is 1.35. The Morgan fingerprint density at radius 1 is 1.13 bits per heavy atom. The van der Waals surface area contributed by atoms with E-state index >= 15 is 0 Å². The SMILES string of the molecule is N#Cc1cc(-c2ccccc2)cnc1N. The molecule has 0 unspecified atom stereocenters. The maximum Gasteiger partial charge on any atom is 0.141 e. The number of hydrogen-bond acceptors (Lipinski definition) is 3. The molecule has 0 aliphatic rings. The topological polar surface area (TPSA) is 62.7 Å². The van der Waals surface area contributed by atoms with Crippen molar-refractivity contribution in [3.8, 4) is 17.2 Å². The summed E-state index contributed by atoms with van der Waals surface area (Å²) in [5.74, 6) is 0.275. The number of nitrogens with two attached hydrogens (primary N) is 1. The van der Waals surface area contributed by atoms with Gasteiger partial charge in [-0.05, 0) is 11.6 Å². The maximum atomic E-state index is 8.82. The van der Waals surface area contributed by atoms with E-state index in [4.69, 9.17) is 11.0 Å². The molecule has 0 saturated heterocycles. The molecule has 0 amide bonds. The monoisotopic (exact) mass is 195 g/mol. The molecule has 0 fully saturated rings. The number of nitriles is 1. The molecular weight excluding hydrogens is 186 g/mol. The zero-order chi connectivity index (χ0) is 10.7. The summed E-state index contributed by atoms with van der Waals surface area (Å²) in [6, 6.07) is 13.5. The van der Waals surface area contributed by atoms with Crippen LogP contribution in [0.3, 0.4) is 0 Å². The Kier molecular flexibility index (Phi) is 2.34. The Bertz CT molecular complexity index is 512. The lowest BCUT2D eigenvalue weighted by Gasteiger charge is -2.02. The molecule has 0 atom stereocenters. The van der Waals surface area contributed by atoms with Gasteiger partial charge in [-0.15, -0.1) is 0 Å². The minimum atomic E-state index is 0.275. The highest BCUT2D eigenvalue weighted by Gasteiger charge is 2.02. The number of anilines is 1. The van der Waals surface area contributed by atoms with Crippen molar-refractivity contribution < 1.29 is 0 Å². The van der Waals surface area contributed by atoms with E-state index in [1.54, 1.807) is 12.3 Å². The smallest absolute Gasteiger partial charge is 0.141 e. The van der Waals surface area contributed by atoms with Crippen molar-refractivity contribution in [2.24, 2.45) is 0 Å². The van der Waals surface area contributed by atoms with Crippen LogP contribution in [0.25, 0.3) is 11.1 Å². The fraction of sp³-hybridized carbons (Fsp3) is 0. The van der Waals surface area contributed by atoms with Gasteiger partial charge in [0.1, 0.15) is 11.9 Å². The van der Waals surface area contributed by atoms with E-state index in [1.807, 2.05) is 36.4 Å². The van der Waals surface area contributed by atoms with Gasteiger partial charge in [0.05, 0.1) is 5.56 Å². The van der Waals surface area contributed by atoms with Crippen molar-refractivity contribution in [3.63, 3.8) is 0 Å². The Morgan fingerprint density at radius 2 is 1.87 bits per heavy atom. The van der Waals surface area contributed by atoms with Gasteiger partial charge in [-0.3, -0.25) is 0 Å². The van der Waals surface area contributed by atoms with Crippen LogP contribution >= 0.6 is 0 Å². The van der Waals surface area contributed by atoms with Gasteiger partial charge in [-0.25, -0.2) is 4.98 Å². The lowest BCUT2D eigenvalue weighted by atomic mass is 10.1. The summed E-state index contributed by atoms with van der Waals surface area (Å²) < 4.78 is 0. The highest BCUT2D eigenvalue weighted by Crippen LogP contribution is 2.20. The van der Waals surface area contributed by atoms with Crippen LogP contribution in [0.4, 0.5) is 5.82 Å². The van der Waals surface area contributed by atoms with Crippen LogP contribution in [0, 0.1) is 11.3 Å². The van der Waals surface area contributed by atoms with E-state index in [2.05, 4.69) is 4.98 Å². The van der Waals surface area contributed by atoms with Crippen molar-refractivity contribution in [2.75, 3.05) is 5.73 Å². The van der Waals surface area contributed by atoms with Gasteiger partial charge >= 0.3 is 0 Å². The Balaban J connectivity index is 2.52. The predicted octanol–water partition coefficient (Wildman–Crippen LogP) is 2.20. The van der Waals surface area contributed by atoms with E-state index in [-0.39, 0.29) is 5.82 Å². The highest BCUT2D eigenvalue weighted by molar-refractivity contribution is 5.66. The molecule has 15 heavy (non-hydrogen) atoms. The summed E-state index contributed by atoms with van der Waals surface area (Å²) in [5.41, 5.74) is 7.89. The summed E-state index contributed by atoms with van der Waals surface area (Å²) in [4.78, 5) is 3.98. The standard InChI is InChI=1S/C12H9N3/c13-7-10-6-11(8-15-12(10)14)9-4-2-1-3-5-9/h1-6,8H,(H2,14,15). The van der Waals surface area contributed by atoms with Crippen LogP contribution in [0.2, 0.25) is 0 Å². The van der Waals surface area contributed by atoms with E-state index in [0.717, 1.165) is 11.1 Å². The molecule has 72 valence electrons. The molecule has 2 N–H and O–H groups in total. The second-order valence-electron chi connectivity index (χ2n) is 3.13. The van der Waals surface area contributed by atoms with Gasteiger partial charge in [-0.1, -0.05) is 30.3 Å². The average molecular weight is 195 g/mol. The van der Waals surface area contributed by atoms with E-state index in [9.17, 15) is 0 Å². The van der Waals surface area contributed by atoms with Crippen LogP contribution in [0.15, 0.2) is 42.6 Å². The van der Waals surface area contributed by atoms with Gasteiger partial charge in [0, 0.05) is 11.8 Å². The molecule has 0 aliphatic carbocycles. The summed E-state index contributed by atoms with van der Waals surface area (Å²) >= 11 is 0. The molecule has 1 heterocycles. The summed E-state index contributed by atoms with van der Waals surface area (Å²) in [7, 11) is 0. The Morgan fingerprint density at radius 3 is 2.53 bits per heavy atom. The zero-order valence-electron chi connectivity index (χ0n) is 8.01. The molecule has 3 heteroatoms. The van der Waals surface area contributed by atoms with Gasteiger partial charge in [0.15, 0.2) is 0 Å². The minimum absolute atomic E-state index is 0.275. The lowest BCUT2D eigenvalue weighted by molar-refractivity contribution is 1.31. The molecule has 0 radical (unpaired) electrons. The molecule has 1 aromatic carbocycles. The molecule has 1 aromatic heterocycles. The molecule has 0 saturated carbocycles. The van der Waals surface area contributed by atoms with E-state index < -0.39 is 0 Å². The first-order chi connectivity index (χ1) is 7.31. The van der Waals surface area contributed by atoms with Crippen molar-refractivity contribution in [3.05, 3.63) is 48.2 Å². The normalized spacial score (nSPS) is 9.53. The molecule has 0 bridgehead atoms. The number of nitrogen functional groups attached to an aromatic ring is 1. The average Bonchev–Trinajstić information content (AvgIpc) is 2.31. The second-order valence-corrected chi connectivity index (χ2v) is 3.13. The highest BCUT2D eigenvalue weighted by atomic mass is 14.8. The summed E-state index contributed by atoms with van der Waals surface area (Å²) in [5, 5.41) is 8.82. The first kappa shape index (κ1) is 9.22. The van der Waals surface area contributed by atoms with Gasteiger partial charge in [0.25, 0.3) is 0 Å². The van der Waals surface area contributed by atoms with Crippen LogP contribution in [0.5, 0.6) is 0 Å². The van der Waals surface area contributed by atoms with Crippen LogP contribution < -0.4 is 5.73 Å². The van der Waals surface area contributed by atoms with Crippen molar-refractivity contribution in [1.29, 1.82) is 5.26 Å².